The van der Waals surface area contributed by atoms with Crippen LogP contribution >= 0.6 is 0 Å². The maximum atomic E-state index is 7.18. The fourth-order valence-electron chi connectivity index (χ4n) is 8.52. The van der Waals surface area contributed by atoms with Crippen molar-refractivity contribution in [2.45, 2.75) is 90.6 Å². The number of hydrogen-bond donors (Lipinski definition) is 4. The molecular weight excluding hydrogens is 426 g/mol. The molecule has 4 fully saturated rings. The number of rotatable bonds is 10. The van der Waals surface area contributed by atoms with Gasteiger partial charge in [-0.3, -0.25) is 5.41 Å². The summed E-state index contributed by atoms with van der Waals surface area (Å²) in [5.74, 6) is 3.97. The predicted octanol–water partition coefficient (Wildman–Crippen LogP) is 4.25. The molecule has 4 aliphatic rings. The van der Waals surface area contributed by atoms with Crippen molar-refractivity contribution in [1.82, 2.24) is 5.32 Å². The minimum atomic E-state index is 0.0100. The van der Waals surface area contributed by atoms with Gasteiger partial charge in [-0.2, -0.15) is 0 Å². The first kappa shape index (κ1) is 25.7. The highest BCUT2D eigenvalue weighted by Gasteiger charge is 2.60. The summed E-state index contributed by atoms with van der Waals surface area (Å²) in [4.78, 5) is 5.54. The van der Waals surface area contributed by atoms with E-state index >= 15 is 0 Å². The van der Waals surface area contributed by atoms with E-state index in [0.29, 0.717) is 36.0 Å². The molecule has 4 rings (SSSR count). The van der Waals surface area contributed by atoms with Crippen molar-refractivity contribution >= 4 is 12.2 Å². The molecular formula is C27H49N5O2. The van der Waals surface area contributed by atoms with Crippen molar-refractivity contribution < 1.29 is 9.57 Å². The summed E-state index contributed by atoms with van der Waals surface area (Å²) < 4.78 is 6.21. The van der Waals surface area contributed by atoms with Gasteiger partial charge < -0.3 is 26.4 Å². The average Bonchev–Trinajstić information content (AvgIpc) is 3.15. The van der Waals surface area contributed by atoms with Gasteiger partial charge in [0.15, 0.2) is 5.96 Å². The molecule has 6 N–H and O–H groups in total. The van der Waals surface area contributed by atoms with Gasteiger partial charge >= 0.3 is 0 Å². The Morgan fingerprint density at radius 2 is 1.82 bits per heavy atom. The van der Waals surface area contributed by atoms with Crippen molar-refractivity contribution in [1.29, 1.82) is 5.41 Å². The monoisotopic (exact) mass is 475 g/mol. The van der Waals surface area contributed by atoms with Gasteiger partial charge in [0, 0.05) is 31.7 Å². The Hall–Kier alpha value is -1.34. The fraction of sp³-hybridized carbons (Fsp3) is 0.926. The second-order valence-electron chi connectivity index (χ2n) is 12.1. The smallest absolute Gasteiger partial charge is 0.185 e. The van der Waals surface area contributed by atoms with E-state index in [1.807, 2.05) is 0 Å². The molecule has 8 atom stereocenters. The molecule has 0 bridgehead atoms. The van der Waals surface area contributed by atoms with E-state index in [-0.39, 0.29) is 5.96 Å². The Bertz CT molecular complexity index is 717. The minimum absolute atomic E-state index is 0.0100. The summed E-state index contributed by atoms with van der Waals surface area (Å²) in [5.41, 5.74) is 11.8. The van der Waals surface area contributed by atoms with Crippen LogP contribution in [0.1, 0.15) is 84.5 Å². The minimum Gasteiger partial charge on any atom is -0.396 e. The lowest BCUT2D eigenvalue weighted by atomic mass is 9.44. The normalized spacial score (nSPS) is 41.5. The first-order valence-corrected chi connectivity index (χ1v) is 13.9. The van der Waals surface area contributed by atoms with E-state index in [1.54, 1.807) is 0 Å². The predicted molar refractivity (Wildman–Crippen MR) is 138 cm³/mol. The molecule has 4 saturated carbocycles. The lowest BCUT2D eigenvalue weighted by Crippen LogP contribution is -2.54. The molecule has 0 radical (unpaired) electrons. The topological polar surface area (TPSA) is 119 Å². The molecule has 0 amide bonds. The molecule has 0 aliphatic heterocycles. The number of nitrogens with two attached hydrogens (primary N) is 2. The maximum absolute atomic E-state index is 7.18. The number of guanidine groups is 1. The maximum Gasteiger partial charge on any atom is 0.185 e. The Labute approximate surface area is 206 Å². The summed E-state index contributed by atoms with van der Waals surface area (Å²) in [7, 11) is 0. The van der Waals surface area contributed by atoms with E-state index in [0.717, 1.165) is 49.7 Å². The molecule has 0 unspecified atom stereocenters. The summed E-state index contributed by atoms with van der Waals surface area (Å²) in [6.45, 7) is 7.96. The molecule has 0 aromatic carbocycles. The third-order valence-electron chi connectivity index (χ3n) is 10.4. The number of oxime groups is 1. The number of nitrogens with zero attached hydrogens (tertiary/aromatic N) is 1. The molecule has 0 aromatic rings. The zero-order valence-electron chi connectivity index (χ0n) is 21.6. The van der Waals surface area contributed by atoms with Gasteiger partial charge in [0.1, 0.15) is 6.61 Å². The van der Waals surface area contributed by atoms with Gasteiger partial charge in [0.25, 0.3) is 0 Å². The molecule has 7 heteroatoms. The van der Waals surface area contributed by atoms with Crippen molar-refractivity contribution in [2.24, 2.45) is 57.0 Å². The standard InChI is InChI=1S/C27H49N5O2/c1-26-11-9-21(33-15-3-13-28)17-19(26)5-7-22-23-8-6-20(27(23,2)12-10-24(22)26)18-32-34-16-4-14-31-25(29)30/h18-24H,3-17,28H2,1-2H3,(H4,29,30,31)/b32-18+/t19-,20-,21+,22+,23-,24+,26+,27-/m1/s1. The molecule has 194 valence electrons. The Balaban J connectivity index is 1.31. The zero-order chi connectivity index (χ0) is 24.2. The first-order valence-electron chi connectivity index (χ1n) is 13.9. The van der Waals surface area contributed by atoms with Crippen LogP contribution in [0.15, 0.2) is 5.16 Å². The first-order chi connectivity index (χ1) is 16.4. The van der Waals surface area contributed by atoms with Crippen LogP contribution in [0.3, 0.4) is 0 Å². The molecule has 0 aromatic heterocycles. The van der Waals surface area contributed by atoms with Crippen molar-refractivity contribution in [3.8, 4) is 0 Å². The van der Waals surface area contributed by atoms with Gasteiger partial charge in [0.05, 0.1) is 6.10 Å². The van der Waals surface area contributed by atoms with Crippen LogP contribution in [0, 0.1) is 45.8 Å². The highest BCUT2D eigenvalue weighted by atomic mass is 16.6. The Morgan fingerprint density at radius 3 is 2.62 bits per heavy atom. The number of ether oxygens (including phenoxy) is 1. The van der Waals surface area contributed by atoms with Gasteiger partial charge in [-0.15, -0.1) is 0 Å². The molecule has 0 spiro atoms. The van der Waals surface area contributed by atoms with E-state index in [2.05, 4.69) is 30.5 Å². The van der Waals surface area contributed by atoms with Gasteiger partial charge in [-0.25, -0.2) is 0 Å². The van der Waals surface area contributed by atoms with Gasteiger partial charge in [-0.1, -0.05) is 19.0 Å². The van der Waals surface area contributed by atoms with Crippen LogP contribution in [-0.2, 0) is 9.57 Å². The molecule has 0 heterocycles. The van der Waals surface area contributed by atoms with Crippen LogP contribution in [0.25, 0.3) is 0 Å². The van der Waals surface area contributed by atoms with Crippen molar-refractivity contribution in [2.75, 3.05) is 26.3 Å². The highest BCUT2D eigenvalue weighted by molar-refractivity contribution is 5.74. The van der Waals surface area contributed by atoms with Crippen LogP contribution in [0.5, 0.6) is 0 Å². The second kappa shape index (κ2) is 11.2. The fourth-order valence-corrected chi connectivity index (χ4v) is 8.52. The average molecular weight is 476 g/mol. The summed E-state index contributed by atoms with van der Waals surface area (Å²) in [6, 6.07) is 0. The summed E-state index contributed by atoms with van der Waals surface area (Å²) in [5, 5.41) is 14.4. The third-order valence-corrected chi connectivity index (χ3v) is 10.4. The molecule has 4 aliphatic carbocycles. The van der Waals surface area contributed by atoms with E-state index in [1.165, 1.54) is 57.8 Å². The Kier molecular flexibility index (Phi) is 8.44. The van der Waals surface area contributed by atoms with Crippen molar-refractivity contribution in [3.05, 3.63) is 0 Å². The van der Waals surface area contributed by atoms with Gasteiger partial charge in [0.2, 0.25) is 0 Å². The quantitative estimate of drug-likeness (QED) is 0.163. The highest BCUT2D eigenvalue weighted by Crippen LogP contribution is 2.67. The molecule has 0 saturated heterocycles. The zero-order valence-corrected chi connectivity index (χ0v) is 21.6. The summed E-state index contributed by atoms with van der Waals surface area (Å²) in [6.07, 6.45) is 16.3. The molecule has 7 nitrogen and oxygen atoms in total. The SMILES string of the molecule is C[C@]12CC[C@H]3[C@@H](CC[C@@H]4C[C@@H](OCCCN)CC[C@@]43C)[C@H]1CC[C@@H]2/C=N/OCCCNC(=N)N. The van der Waals surface area contributed by atoms with E-state index in [9.17, 15) is 0 Å². The van der Waals surface area contributed by atoms with Crippen LogP contribution in [0.2, 0.25) is 0 Å². The number of fused-ring (bicyclic) bond motifs is 5. The second-order valence-corrected chi connectivity index (χ2v) is 12.1. The lowest BCUT2D eigenvalue weighted by Gasteiger charge is -2.61. The van der Waals surface area contributed by atoms with E-state index < -0.39 is 0 Å². The van der Waals surface area contributed by atoms with Crippen LogP contribution < -0.4 is 16.8 Å². The van der Waals surface area contributed by atoms with E-state index in [4.69, 9.17) is 26.5 Å². The number of nitrogens with one attached hydrogen (secondary N) is 2. The molecule has 34 heavy (non-hydrogen) atoms. The lowest BCUT2D eigenvalue weighted by molar-refractivity contribution is -0.131. The number of hydrogen-bond acceptors (Lipinski definition) is 5. The van der Waals surface area contributed by atoms with Gasteiger partial charge in [-0.05, 0) is 105 Å². The third kappa shape index (κ3) is 5.25. The van der Waals surface area contributed by atoms with Crippen molar-refractivity contribution in [3.63, 3.8) is 0 Å². The van der Waals surface area contributed by atoms with Crippen LogP contribution in [-0.4, -0.2) is 44.6 Å². The van der Waals surface area contributed by atoms with Crippen LogP contribution in [0.4, 0.5) is 0 Å². The Morgan fingerprint density at radius 1 is 1.03 bits per heavy atom. The largest absolute Gasteiger partial charge is 0.396 e. The summed E-state index contributed by atoms with van der Waals surface area (Å²) >= 11 is 0.